The Labute approximate surface area is 153 Å². The predicted octanol–water partition coefficient (Wildman–Crippen LogP) is 2.22. The number of unbranched alkanes of at least 4 members (excludes halogenated alkanes) is 1. The van der Waals surface area contributed by atoms with Crippen molar-refractivity contribution in [2.24, 2.45) is 5.92 Å². The van der Waals surface area contributed by atoms with E-state index in [1.54, 1.807) is 17.0 Å². The summed E-state index contributed by atoms with van der Waals surface area (Å²) in [5.41, 5.74) is 1.06. The molecule has 1 aliphatic heterocycles. The van der Waals surface area contributed by atoms with Gasteiger partial charge in [-0.1, -0.05) is 25.5 Å². The molecule has 0 aromatic heterocycles. The van der Waals surface area contributed by atoms with Crippen LogP contribution in [0.15, 0.2) is 24.3 Å². The normalized spacial score (nSPS) is 14.7. The molecule has 26 heavy (non-hydrogen) atoms. The molecule has 1 aromatic carbocycles. The number of amides is 3. The van der Waals surface area contributed by atoms with Crippen LogP contribution in [-0.2, 0) is 11.3 Å². The number of likely N-dealkylation sites (tertiary alicyclic amines) is 1. The first-order valence-electron chi connectivity index (χ1n) is 9.14. The van der Waals surface area contributed by atoms with Gasteiger partial charge in [-0.15, -0.1) is 0 Å². The van der Waals surface area contributed by atoms with Crippen LogP contribution in [0.3, 0.4) is 0 Å². The number of hydrogen-bond acceptors (Lipinski definition) is 3. The van der Waals surface area contributed by atoms with Crippen LogP contribution < -0.4 is 10.6 Å². The number of hydrogen-bond donors (Lipinski definition) is 3. The second-order valence-electron chi connectivity index (χ2n) is 6.57. The lowest BCUT2D eigenvalue weighted by atomic mass is 9.96. The van der Waals surface area contributed by atoms with Gasteiger partial charge in [0.15, 0.2) is 0 Å². The third-order valence-electron chi connectivity index (χ3n) is 4.63. The molecule has 0 bridgehead atoms. The summed E-state index contributed by atoms with van der Waals surface area (Å²) in [5.74, 6) is -0.890. The van der Waals surface area contributed by atoms with Crippen molar-refractivity contribution in [3.63, 3.8) is 0 Å². The second kappa shape index (κ2) is 9.79. The number of carboxylic acid groups (broad SMARTS) is 1. The van der Waals surface area contributed by atoms with Crippen molar-refractivity contribution in [2.75, 3.05) is 19.6 Å². The Morgan fingerprint density at radius 1 is 1.12 bits per heavy atom. The van der Waals surface area contributed by atoms with Gasteiger partial charge in [0.25, 0.3) is 0 Å². The van der Waals surface area contributed by atoms with E-state index in [1.165, 1.54) is 12.1 Å². The lowest BCUT2D eigenvalue weighted by Gasteiger charge is -2.31. The Balaban J connectivity index is 1.72. The molecule has 1 fully saturated rings. The number of urea groups is 1. The maximum absolute atomic E-state index is 12.3. The van der Waals surface area contributed by atoms with Gasteiger partial charge in [0.2, 0.25) is 5.91 Å². The standard InChI is InChI=1S/C19H27N3O4/c1-2-3-10-20-17(23)15-8-11-22(12-9-15)19(26)21-13-14-4-6-16(7-5-14)18(24)25/h4-7,15H,2-3,8-13H2,1H3,(H,20,23)(H,21,26)(H,24,25). The van der Waals surface area contributed by atoms with Gasteiger partial charge in [-0.05, 0) is 37.0 Å². The van der Waals surface area contributed by atoms with Crippen LogP contribution in [-0.4, -0.2) is 47.5 Å². The highest BCUT2D eigenvalue weighted by atomic mass is 16.4. The van der Waals surface area contributed by atoms with Crippen LogP contribution in [0.1, 0.15) is 48.5 Å². The Hall–Kier alpha value is -2.57. The second-order valence-corrected chi connectivity index (χ2v) is 6.57. The topological polar surface area (TPSA) is 98.7 Å². The van der Waals surface area contributed by atoms with Crippen LogP contribution in [0.2, 0.25) is 0 Å². The number of nitrogens with one attached hydrogen (secondary N) is 2. The zero-order valence-corrected chi connectivity index (χ0v) is 15.2. The van der Waals surface area contributed by atoms with Gasteiger partial charge in [0.05, 0.1) is 5.56 Å². The molecule has 1 heterocycles. The van der Waals surface area contributed by atoms with Crippen molar-refractivity contribution in [2.45, 2.75) is 39.2 Å². The first kappa shape index (κ1) is 19.8. The van der Waals surface area contributed by atoms with E-state index < -0.39 is 5.97 Å². The summed E-state index contributed by atoms with van der Waals surface area (Å²) in [6.07, 6.45) is 3.40. The van der Waals surface area contributed by atoms with E-state index in [2.05, 4.69) is 17.6 Å². The number of nitrogens with zero attached hydrogens (tertiary/aromatic N) is 1. The molecule has 1 aromatic rings. The molecule has 0 unspecified atom stereocenters. The molecule has 7 nitrogen and oxygen atoms in total. The van der Waals surface area contributed by atoms with Gasteiger partial charge < -0.3 is 20.6 Å². The van der Waals surface area contributed by atoms with Gasteiger partial charge in [0, 0.05) is 32.1 Å². The monoisotopic (exact) mass is 361 g/mol. The van der Waals surface area contributed by atoms with Crippen molar-refractivity contribution in [1.29, 1.82) is 0 Å². The van der Waals surface area contributed by atoms with E-state index in [4.69, 9.17) is 5.11 Å². The molecule has 0 aliphatic carbocycles. The Bertz CT molecular complexity index is 622. The third kappa shape index (κ3) is 5.75. The molecular weight excluding hydrogens is 334 g/mol. The molecule has 7 heteroatoms. The zero-order chi connectivity index (χ0) is 18.9. The minimum atomic E-state index is -0.970. The fourth-order valence-electron chi connectivity index (χ4n) is 2.93. The minimum Gasteiger partial charge on any atom is -0.478 e. The predicted molar refractivity (Wildman–Crippen MR) is 97.9 cm³/mol. The number of aromatic carboxylic acids is 1. The number of rotatable bonds is 7. The quantitative estimate of drug-likeness (QED) is 0.649. The molecule has 2 rings (SSSR count). The van der Waals surface area contributed by atoms with E-state index in [-0.39, 0.29) is 23.4 Å². The van der Waals surface area contributed by atoms with Crippen molar-refractivity contribution in [3.8, 4) is 0 Å². The highest BCUT2D eigenvalue weighted by molar-refractivity contribution is 5.87. The van der Waals surface area contributed by atoms with Gasteiger partial charge in [0.1, 0.15) is 0 Å². The molecule has 0 atom stereocenters. The summed E-state index contributed by atoms with van der Waals surface area (Å²) < 4.78 is 0. The number of carboxylic acids is 1. The first-order valence-corrected chi connectivity index (χ1v) is 9.14. The van der Waals surface area contributed by atoms with Crippen LogP contribution in [0.25, 0.3) is 0 Å². The fraction of sp³-hybridized carbons (Fsp3) is 0.526. The van der Waals surface area contributed by atoms with Crippen molar-refractivity contribution < 1.29 is 19.5 Å². The Kier molecular flexibility index (Phi) is 7.44. The molecule has 0 saturated carbocycles. The summed E-state index contributed by atoms with van der Waals surface area (Å²) in [4.78, 5) is 36.9. The lowest BCUT2D eigenvalue weighted by Crippen LogP contribution is -2.46. The molecule has 0 radical (unpaired) electrons. The molecule has 0 spiro atoms. The molecule has 142 valence electrons. The Morgan fingerprint density at radius 3 is 2.35 bits per heavy atom. The average Bonchev–Trinajstić information content (AvgIpc) is 2.66. The number of carbonyl (C=O) groups is 3. The summed E-state index contributed by atoms with van der Waals surface area (Å²) in [5, 5.41) is 14.7. The minimum absolute atomic E-state index is 0.0144. The molecule has 1 saturated heterocycles. The van der Waals surface area contributed by atoms with Crippen molar-refractivity contribution in [3.05, 3.63) is 35.4 Å². The number of piperidine rings is 1. The third-order valence-corrected chi connectivity index (χ3v) is 4.63. The van der Waals surface area contributed by atoms with Crippen molar-refractivity contribution >= 4 is 17.9 Å². The highest BCUT2D eigenvalue weighted by Gasteiger charge is 2.26. The van der Waals surface area contributed by atoms with Crippen LogP contribution in [0.4, 0.5) is 4.79 Å². The van der Waals surface area contributed by atoms with Crippen LogP contribution in [0, 0.1) is 5.92 Å². The number of benzene rings is 1. The van der Waals surface area contributed by atoms with Gasteiger partial charge in [-0.3, -0.25) is 4.79 Å². The maximum atomic E-state index is 12.3. The molecular formula is C19H27N3O4. The lowest BCUT2D eigenvalue weighted by molar-refractivity contribution is -0.126. The zero-order valence-electron chi connectivity index (χ0n) is 15.2. The number of carbonyl (C=O) groups excluding carboxylic acids is 2. The first-order chi connectivity index (χ1) is 12.5. The SMILES string of the molecule is CCCCNC(=O)C1CCN(C(=O)NCc2ccc(C(=O)O)cc2)CC1. The summed E-state index contributed by atoms with van der Waals surface area (Å²) in [7, 11) is 0. The van der Waals surface area contributed by atoms with E-state index in [0.717, 1.165) is 24.9 Å². The van der Waals surface area contributed by atoms with E-state index in [1.807, 2.05) is 0 Å². The van der Waals surface area contributed by atoms with E-state index in [0.29, 0.717) is 32.5 Å². The Morgan fingerprint density at radius 2 is 1.77 bits per heavy atom. The molecule has 3 N–H and O–H groups in total. The largest absolute Gasteiger partial charge is 0.478 e. The van der Waals surface area contributed by atoms with Crippen LogP contribution in [0.5, 0.6) is 0 Å². The smallest absolute Gasteiger partial charge is 0.335 e. The molecule has 3 amide bonds. The van der Waals surface area contributed by atoms with Crippen molar-refractivity contribution in [1.82, 2.24) is 15.5 Å². The summed E-state index contributed by atoms with van der Waals surface area (Å²) >= 11 is 0. The van der Waals surface area contributed by atoms with Gasteiger partial charge >= 0.3 is 12.0 Å². The molecule has 1 aliphatic rings. The van der Waals surface area contributed by atoms with E-state index in [9.17, 15) is 14.4 Å². The summed E-state index contributed by atoms with van der Waals surface area (Å²) in [6, 6.07) is 6.27. The van der Waals surface area contributed by atoms with Gasteiger partial charge in [-0.25, -0.2) is 9.59 Å². The fourth-order valence-corrected chi connectivity index (χ4v) is 2.93. The van der Waals surface area contributed by atoms with Crippen LogP contribution >= 0.6 is 0 Å². The van der Waals surface area contributed by atoms with E-state index >= 15 is 0 Å². The maximum Gasteiger partial charge on any atom is 0.335 e. The highest BCUT2D eigenvalue weighted by Crippen LogP contribution is 2.17. The average molecular weight is 361 g/mol. The summed E-state index contributed by atoms with van der Waals surface area (Å²) in [6.45, 7) is 4.28. The van der Waals surface area contributed by atoms with Gasteiger partial charge in [-0.2, -0.15) is 0 Å².